The fraction of sp³-hybridized carbons (Fsp3) is 0.394. The van der Waals surface area contributed by atoms with E-state index in [-0.39, 0.29) is 31.8 Å². The van der Waals surface area contributed by atoms with Crippen LogP contribution >= 0.6 is 11.6 Å². The van der Waals surface area contributed by atoms with Gasteiger partial charge in [0, 0.05) is 42.7 Å². The topological polar surface area (TPSA) is 152 Å². The lowest BCUT2D eigenvalue weighted by Gasteiger charge is -2.42. The van der Waals surface area contributed by atoms with Crippen molar-refractivity contribution < 1.29 is 24.2 Å². The molecule has 12 nitrogen and oxygen atoms in total. The Balaban J connectivity index is 1.48. The molecule has 0 saturated carbocycles. The lowest BCUT2D eigenvalue weighted by molar-refractivity contribution is -0.129. The molecule has 46 heavy (non-hydrogen) atoms. The summed E-state index contributed by atoms with van der Waals surface area (Å²) < 4.78 is 11.2. The first-order valence-corrected chi connectivity index (χ1v) is 15.4. The number of carbonyl (C=O) groups excluding carboxylic acids is 2. The molecule has 0 spiro atoms. The zero-order valence-electron chi connectivity index (χ0n) is 26.3. The number of methoxy groups -OCH3 is 1. The van der Waals surface area contributed by atoms with Gasteiger partial charge in [-0.3, -0.25) is 14.8 Å². The van der Waals surface area contributed by atoms with Crippen LogP contribution in [-0.2, 0) is 9.53 Å². The van der Waals surface area contributed by atoms with Crippen molar-refractivity contribution in [2.75, 3.05) is 31.7 Å². The summed E-state index contributed by atoms with van der Waals surface area (Å²) in [6, 6.07) is 10.2. The Hall–Kier alpha value is -4.55. The van der Waals surface area contributed by atoms with Crippen LogP contribution in [-0.4, -0.2) is 75.0 Å². The number of benzene rings is 1. The molecular weight excluding hydrogens is 610 g/mol. The third-order valence-corrected chi connectivity index (χ3v) is 8.05. The molecule has 3 N–H and O–H groups in total. The second-order valence-electron chi connectivity index (χ2n) is 12.1. The van der Waals surface area contributed by atoms with Gasteiger partial charge in [-0.15, -0.1) is 0 Å². The van der Waals surface area contributed by atoms with E-state index in [0.29, 0.717) is 46.4 Å². The van der Waals surface area contributed by atoms with Gasteiger partial charge in [-0.1, -0.05) is 23.7 Å². The van der Waals surface area contributed by atoms with Crippen LogP contribution in [0.1, 0.15) is 51.6 Å². The van der Waals surface area contributed by atoms with Gasteiger partial charge in [-0.2, -0.15) is 0 Å². The van der Waals surface area contributed by atoms with E-state index in [1.165, 1.54) is 0 Å². The van der Waals surface area contributed by atoms with Crippen LogP contribution in [0, 0.1) is 0 Å². The van der Waals surface area contributed by atoms with Crippen LogP contribution in [0.2, 0.25) is 5.02 Å². The summed E-state index contributed by atoms with van der Waals surface area (Å²) in [4.78, 5) is 47.5. The number of anilines is 1. The van der Waals surface area contributed by atoms with E-state index in [1.54, 1.807) is 64.8 Å². The van der Waals surface area contributed by atoms with Gasteiger partial charge < -0.3 is 30.1 Å². The summed E-state index contributed by atoms with van der Waals surface area (Å²) in [5.74, 6) is 1.26. The molecule has 1 saturated heterocycles. The summed E-state index contributed by atoms with van der Waals surface area (Å²) in [6.45, 7) is 5.88. The molecule has 242 valence electrons. The van der Waals surface area contributed by atoms with E-state index in [0.717, 1.165) is 11.1 Å². The van der Waals surface area contributed by atoms with Gasteiger partial charge in [0.25, 0.3) is 0 Å². The molecule has 4 heterocycles. The number of halogens is 1. The Kier molecular flexibility index (Phi) is 9.88. The van der Waals surface area contributed by atoms with Gasteiger partial charge in [-0.05, 0) is 69.9 Å². The lowest BCUT2D eigenvalue weighted by Crippen LogP contribution is -2.64. The molecule has 1 aliphatic heterocycles. The number of carbonyl (C=O) groups is 2. The van der Waals surface area contributed by atoms with Gasteiger partial charge >= 0.3 is 6.09 Å². The number of nitrogens with zero attached hydrogens (tertiary/aromatic N) is 5. The van der Waals surface area contributed by atoms with Crippen molar-refractivity contribution in [2.24, 2.45) is 0 Å². The van der Waals surface area contributed by atoms with E-state index >= 15 is 0 Å². The van der Waals surface area contributed by atoms with Gasteiger partial charge in [0.1, 0.15) is 22.7 Å². The second kappa shape index (κ2) is 13.8. The minimum absolute atomic E-state index is 0.148. The SMILES string of the molecule is COc1cncc2nc(-c3ccncc3)nc(N3CCC(NC(=O)OC(C)(C)C)(C(=O)N[C@@H](CCO)c4ccc(Cl)cc4)CC3)c12. The van der Waals surface area contributed by atoms with Gasteiger partial charge in [0.05, 0.1) is 36.4 Å². The molecule has 0 aliphatic carbocycles. The van der Waals surface area contributed by atoms with Crippen molar-refractivity contribution in [3.05, 3.63) is 71.8 Å². The van der Waals surface area contributed by atoms with Crippen LogP contribution < -0.4 is 20.3 Å². The summed E-state index contributed by atoms with van der Waals surface area (Å²) in [5, 5.41) is 17.0. The molecule has 3 aromatic heterocycles. The maximum atomic E-state index is 14.2. The molecule has 1 aromatic carbocycles. The zero-order valence-corrected chi connectivity index (χ0v) is 27.0. The zero-order chi connectivity index (χ0) is 32.9. The maximum Gasteiger partial charge on any atom is 0.408 e. The Morgan fingerprint density at radius 3 is 2.37 bits per heavy atom. The Labute approximate surface area is 272 Å². The predicted octanol–water partition coefficient (Wildman–Crippen LogP) is 4.85. The number of pyridine rings is 2. The molecule has 1 atom stereocenters. The monoisotopic (exact) mass is 647 g/mol. The second-order valence-corrected chi connectivity index (χ2v) is 12.6. The summed E-state index contributed by atoms with van der Waals surface area (Å²) in [6.07, 6.45) is 6.71. The fourth-order valence-corrected chi connectivity index (χ4v) is 5.63. The van der Waals surface area contributed by atoms with Crippen LogP contribution in [0.25, 0.3) is 22.3 Å². The average Bonchev–Trinajstić information content (AvgIpc) is 3.04. The average molecular weight is 648 g/mol. The standard InChI is InChI=1S/C33H38ClN7O5/c1-32(2,3)46-31(44)40-33(30(43)38-24(11-18-42)21-5-7-23(34)8-6-21)12-16-41(17-13-33)29-27-25(19-36-20-26(27)45-4)37-28(39-29)22-9-14-35-15-10-22/h5-10,14-15,19-20,24,42H,11-13,16-18H2,1-4H3,(H,38,43)(H,40,44)/t24-/m0/s1. The Morgan fingerprint density at radius 1 is 1.04 bits per heavy atom. The highest BCUT2D eigenvalue weighted by molar-refractivity contribution is 6.30. The molecule has 2 amide bonds. The third-order valence-electron chi connectivity index (χ3n) is 7.80. The van der Waals surface area contributed by atoms with E-state index < -0.39 is 23.3 Å². The quantitative estimate of drug-likeness (QED) is 0.230. The lowest BCUT2D eigenvalue weighted by atomic mass is 9.85. The highest BCUT2D eigenvalue weighted by Crippen LogP contribution is 2.36. The highest BCUT2D eigenvalue weighted by atomic mass is 35.5. The van der Waals surface area contributed by atoms with Gasteiger partial charge in [-0.25, -0.2) is 14.8 Å². The largest absolute Gasteiger partial charge is 0.494 e. The van der Waals surface area contributed by atoms with Crippen LogP contribution in [0.5, 0.6) is 5.75 Å². The van der Waals surface area contributed by atoms with Crippen LogP contribution in [0.15, 0.2) is 61.2 Å². The minimum atomic E-state index is -1.30. The van der Waals surface area contributed by atoms with Crippen molar-refractivity contribution >= 4 is 40.3 Å². The number of hydrogen-bond acceptors (Lipinski definition) is 10. The van der Waals surface area contributed by atoms with Crippen molar-refractivity contribution in [1.29, 1.82) is 0 Å². The van der Waals surface area contributed by atoms with Crippen molar-refractivity contribution in [3.8, 4) is 17.1 Å². The van der Waals surface area contributed by atoms with Gasteiger partial charge in [0.2, 0.25) is 5.91 Å². The smallest absolute Gasteiger partial charge is 0.408 e. The van der Waals surface area contributed by atoms with Crippen molar-refractivity contribution in [1.82, 2.24) is 30.6 Å². The van der Waals surface area contributed by atoms with Crippen molar-refractivity contribution in [3.63, 3.8) is 0 Å². The van der Waals surface area contributed by atoms with E-state index in [4.69, 9.17) is 31.0 Å². The Morgan fingerprint density at radius 2 is 1.74 bits per heavy atom. The number of alkyl carbamates (subject to hydrolysis) is 1. The number of aliphatic hydroxyl groups excluding tert-OH is 1. The van der Waals surface area contributed by atoms with Crippen molar-refractivity contribution in [2.45, 2.75) is 57.2 Å². The first-order chi connectivity index (χ1) is 22.0. The number of hydrogen-bond donors (Lipinski definition) is 3. The number of aromatic nitrogens is 4. The summed E-state index contributed by atoms with van der Waals surface area (Å²) in [5.41, 5.74) is 0.108. The first kappa shape index (κ1) is 32.8. The Bertz CT molecular complexity index is 1670. The maximum absolute atomic E-state index is 14.2. The van der Waals surface area contributed by atoms with Crippen LogP contribution in [0.4, 0.5) is 10.6 Å². The number of ether oxygens (including phenoxy) is 2. The number of nitrogens with one attached hydrogen (secondary N) is 2. The molecule has 13 heteroatoms. The highest BCUT2D eigenvalue weighted by Gasteiger charge is 2.45. The fourth-order valence-electron chi connectivity index (χ4n) is 5.50. The number of aliphatic hydroxyl groups is 1. The molecular formula is C33H38ClN7O5. The van der Waals surface area contributed by atoms with Crippen LogP contribution in [0.3, 0.4) is 0 Å². The van der Waals surface area contributed by atoms with E-state index in [1.807, 2.05) is 24.3 Å². The first-order valence-electron chi connectivity index (χ1n) is 15.1. The molecule has 0 radical (unpaired) electrons. The van der Waals surface area contributed by atoms with Gasteiger partial charge in [0.15, 0.2) is 5.82 Å². The molecule has 1 aliphatic rings. The summed E-state index contributed by atoms with van der Waals surface area (Å²) >= 11 is 6.09. The van der Waals surface area contributed by atoms with E-state index in [2.05, 4.69) is 25.5 Å². The number of amides is 2. The summed E-state index contributed by atoms with van der Waals surface area (Å²) in [7, 11) is 1.57. The number of fused-ring (bicyclic) bond motifs is 1. The number of rotatable bonds is 9. The molecule has 0 bridgehead atoms. The number of piperidine rings is 1. The third kappa shape index (κ3) is 7.45. The predicted molar refractivity (Wildman–Crippen MR) is 175 cm³/mol. The normalized spacial score (nSPS) is 15.2. The minimum Gasteiger partial charge on any atom is -0.494 e. The molecule has 4 aromatic rings. The molecule has 1 fully saturated rings. The molecule has 0 unspecified atom stereocenters. The van der Waals surface area contributed by atoms with E-state index in [9.17, 15) is 14.7 Å². The molecule has 5 rings (SSSR count).